The number of benzene rings is 2. The van der Waals surface area contributed by atoms with Gasteiger partial charge in [-0.05, 0) is 35.4 Å². The van der Waals surface area contributed by atoms with Crippen LogP contribution in [0.25, 0.3) is 10.9 Å². The van der Waals surface area contributed by atoms with Crippen molar-refractivity contribution in [1.29, 1.82) is 0 Å². The molecule has 0 aliphatic heterocycles. The van der Waals surface area contributed by atoms with Crippen LogP contribution >= 0.6 is 15.9 Å². The number of hydrogen-bond acceptors (Lipinski definition) is 1. The first-order chi connectivity index (χ1) is 10.1. The van der Waals surface area contributed by atoms with E-state index in [1.54, 1.807) is 0 Å². The summed E-state index contributed by atoms with van der Waals surface area (Å²) in [6, 6.07) is 16.1. The van der Waals surface area contributed by atoms with E-state index >= 15 is 0 Å². The van der Waals surface area contributed by atoms with Crippen LogP contribution in [0.4, 0.5) is 0 Å². The number of aromatic nitrogens is 1. The number of fused-ring (bicyclic) bond motifs is 1. The molecule has 3 aromatic rings. The second-order valence-corrected chi connectivity index (χ2v) is 5.95. The van der Waals surface area contributed by atoms with Crippen molar-refractivity contribution in [1.82, 2.24) is 4.57 Å². The van der Waals surface area contributed by atoms with Crippen molar-refractivity contribution in [2.45, 2.75) is 13.0 Å². The SMILES string of the molecule is O=C(O)Cc1ccc(Cn2ccc3cc(Br)ccc32)cc1. The summed E-state index contributed by atoms with van der Waals surface area (Å²) in [6.07, 6.45) is 2.14. The largest absolute Gasteiger partial charge is 0.481 e. The van der Waals surface area contributed by atoms with Gasteiger partial charge in [0.1, 0.15) is 0 Å². The van der Waals surface area contributed by atoms with Crippen molar-refractivity contribution in [3.63, 3.8) is 0 Å². The normalized spacial score (nSPS) is 10.9. The molecule has 0 atom stereocenters. The topological polar surface area (TPSA) is 42.2 Å². The molecule has 0 bridgehead atoms. The Balaban J connectivity index is 1.83. The first kappa shape index (κ1) is 13.9. The minimum atomic E-state index is -0.801. The van der Waals surface area contributed by atoms with Crippen molar-refractivity contribution in [2.75, 3.05) is 0 Å². The molecular weight excluding hydrogens is 330 g/mol. The van der Waals surface area contributed by atoms with Crippen LogP contribution in [0.1, 0.15) is 11.1 Å². The molecule has 0 fully saturated rings. The van der Waals surface area contributed by atoms with Crippen LogP contribution in [0.15, 0.2) is 59.2 Å². The minimum absolute atomic E-state index is 0.0702. The highest BCUT2D eigenvalue weighted by Crippen LogP contribution is 2.21. The zero-order chi connectivity index (χ0) is 14.8. The Bertz CT molecular complexity index is 790. The van der Waals surface area contributed by atoms with E-state index in [1.807, 2.05) is 30.3 Å². The lowest BCUT2D eigenvalue weighted by molar-refractivity contribution is -0.136. The summed E-state index contributed by atoms with van der Waals surface area (Å²) in [7, 11) is 0. The summed E-state index contributed by atoms with van der Waals surface area (Å²) < 4.78 is 3.26. The van der Waals surface area contributed by atoms with Crippen molar-refractivity contribution in [3.8, 4) is 0 Å². The van der Waals surface area contributed by atoms with Crippen molar-refractivity contribution >= 4 is 32.8 Å². The monoisotopic (exact) mass is 343 g/mol. The number of carboxylic acid groups (broad SMARTS) is 1. The molecule has 3 nitrogen and oxygen atoms in total. The second kappa shape index (κ2) is 5.74. The highest BCUT2D eigenvalue weighted by Gasteiger charge is 2.04. The Kier molecular flexibility index (Phi) is 3.80. The molecule has 0 saturated carbocycles. The molecule has 1 N–H and O–H groups in total. The fourth-order valence-corrected chi connectivity index (χ4v) is 2.82. The Morgan fingerprint density at radius 3 is 2.48 bits per heavy atom. The minimum Gasteiger partial charge on any atom is -0.481 e. The summed E-state index contributed by atoms with van der Waals surface area (Å²) in [6.45, 7) is 0.776. The van der Waals surface area contributed by atoms with Crippen molar-refractivity contribution in [2.24, 2.45) is 0 Å². The van der Waals surface area contributed by atoms with Crippen LogP contribution in [0, 0.1) is 0 Å². The second-order valence-electron chi connectivity index (χ2n) is 5.03. The highest BCUT2D eigenvalue weighted by molar-refractivity contribution is 9.10. The van der Waals surface area contributed by atoms with Gasteiger partial charge in [-0.15, -0.1) is 0 Å². The first-order valence-corrected chi connectivity index (χ1v) is 7.45. The lowest BCUT2D eigenvalue weighted by Gasteiger charge is -2.07. The average Bonchev–Trinajstić information content (AvgIpc) is 2.83. The average molecular weight is 344 g/mol. The number of carbonyl (C=O) groups is 1. The predicted molar refractivity (Wildman–Crippen MR) is 86.5 cm³/mol. The van der Waals surface area contributed by atoms with Gasteiger partial charge in [0.2, 0.25) is 0 Å². The number of halogens is 1. The molecule has 0 saturated heterocycles. The predicted octanol–water partition coefficient (Wildman–Crippen LogP) is 4.08. The van der Waals surface area contributed by atoms with E-state index in [2.05, 4.69) is 44.9 Å². The molecule has 0 aliphatic rings. The summed E-state index contributed by atoms with van der Waals surface area (Å²) in [5, 5.41) is 9.98. The van der Waals surface area contributed by atoms with Gasteiger partial charge in [-0.2, -0.15) is 0 Å². The zero-order valence-corrected chi connectivity index (χ0v) is 12.9. The third-order valence-electron chi connectivity index (χ3n) is 3.46. The van der Waals surface area contributed by atoms with Crippen LogP contribution in [0.3, 0.4) is 0 Å². The Morgan fingerprint density at radius 2 is 1.76 bits per heavy atom. The van der Waals surface area contributed by atoms with E-state index in [-0.39, 0.29) is 6.42 Å². The summed E-state index contributed by atoms with van der Waals surface area (Å²) in [5.41, 5.74) is 3.17. The smallest absolute Gasteiger partial charge is 0.307 e. The van der Waals surface area contributed by atoms with Crippen LogP contribution < -0.4 is 0 Å². The first-order valence-electron chi connectivity index (χ1n) is 6.66. The maximum Gasteiger partial charge on any atom is 0.307 e. The lowest BCUT2D eigenvalue weighted by atomic mass is 10.1. The zero-order valence-electron chi connectivity index (χ0n) is 11.3. The van der Waals surface area contributed by atoms with Gasteiger partial charge >= 0.3 is 5.97 Å². The Labute approximate surface area is 131 Å². The maximum atomic E-state index is 10.7. The molecule has 0 amide bonds. The molecule has 0 radical (unpaired) electrons. The summed E-state index contributed by atoms with van der Waals surface area (Å²) in [5.74, 6) is -0.801. The fraction of sp³-hybridized carbons (Fsp3) is 0.118. The van der Waals surface area contributed by atoms with Gasteiger partial charge in [0.25, 0.3) is 0 Å². The van der Waals surface area contributed by atoms with Gasteiger partial charge in [0.05, 0.1) is 6.42 Å². The van der Waals surface area contributed by atoms with Crippen LogP contribution in [-0.2, 0) is 17.8 Å². The van der Waals surface area contributed by atoms with Gasteiger partial charge < -0.3 is 9.67 Å². The molecule has 1 aromatic heterocycles. The highest BCUT2D eigenvalue weighted by atomic mass is 79.9. The quantitative estimate of drug-likeness (QED) is 0.775. The molecule has 0 spiro atoms. The number of hydrogen-bond donors (Lipinski definition) is 1. The Morgan fingerprint density at radius 1 is 1.05 bits per heavy atom. The van der Waals surface area contributed by atoms with Gasteiger partial charge in [-0.3, -0.25) is 4.79 Å². The van der Waals surface area contributed by atoms with E-state index < -0.39 is 5.97 Å². The van der Waals surface area contributed by atoms with Crippen LogP contribution in [0.2, 0.25) is 0 Å². The molecule has 0 aliphatic carbocycles. The van der Waals surface area contributed by atoms with Gasteiger partial charge in [0, 0.05) is 28.1 Å². The molecular formula is C17H14BrNO2. The fourth-order valence-electron chi connectivity index (χ4n) is 2.44. The number of rotatable bonds is 4. The molecule has 0 unspecified atom stereocenters. The van der Waals surface area contributed by atoms with E-state index in [9.17, 15) is 4.79 Å². The van der Waals surface area contributed by atoms with E-state index in [0.29, 0.717) is 0 Å². The summed E-state index contributed by atoms with van der Waals surface area (Å²) in [4.78, 5) is 10.7. The van der Waals surface area contributed by atoms with E-state index in [4.69, 9.17) is 5.11 Å². The van der Waals surface area contributed by atoms with Crippen molar-refractivity contribution in [3.05, 3.63) is 70.3 Å². The van der Waals surface area contributed by atoms with Gasteiger partial charge in [0.15, 0.2) is 0 Å². The van der Waals surface area contributed by atoms with Gasteiger partial charge in [-0.1, -0.05) is 40.2 Å². The van der Waals surface area contributed by atoms with E-state index in [1.165, 1.54) is 10.9 Å². The van der Waals surface area contributed by atoms with Crippen LogP contribution in [-0.4, -0.2) is 15.6 Å². The maximum absolute atomic E-state index is 10.7. The molecule has 2 aromatic carbocycles. The number of carboxylic acids is 1. The third kappa shape index (κ3) is 3.16. The third-order valence-corrected chi connectivity index (χ3v) is 3.96. The number of aliphatic carboxylic acids is 1. The molecule has 4 heteroatoms. The van der Waals surface area contributed by atoms with E-state index in [0.717, 1.165) is 22.1 Å². The standard InChI is InChI=1S/C17H14BrNO2/c18-15-5-6-16-14(10-15)7-8-19(16)11-13-3-1-12(2-4-13)9-17(20)21/h1-8,10H,9,11H2,(H,20,21). The summed E-state index contributed by atoms with van der Waals surface area (Å²) >= 11 is 3.48. The number of nitrogens with zero attached hydrogens (tertiary/aromatic N) is 1. The van der Waals surface area contributed by atoms with Gasteiger partial charge in [-0.25, -0.2) is 0 Å². The molecule has 21 heavy (non-hydrogen) atoms. The molecule has 3 rings (SSSR count). The molecule has 1 heterocycles. The lowest BCUT2D eigenvalue weighted by Crippen LogP contribution is -2.01. The van der Waals surface area contributed by atoms with Crippen molar-refractivity contribution < 1.29 is 9.90 Å². The Hall–Kier alpha value is -2.07. The van der Waals surface area contributed by atoms with Crippen LogP contribution in [0.5, 0.6) is 0 Å². The molecule has 106 valence electrons.